The normalized spacial score (nSPS) is 12.6. The van der Waals surface area contributed by atoms with Crippen LogP contribution in [0.25, 0.3) is 0 Å². The summed E-state index contributed by atoms with van der Waals surface area (Å²) in [4.78, 5) is 4.22. The summed E-state index contributed by atoms with van der Waals surface area (Å²) < 4.78 is 31.3. The third-order valence-electron chi connectivity index (χ3n) is 3.17. The Morgan fingerprint density at radius 1 is 1.25 bits per heavy atom. The standard InChI is InChI=1S/C14H17F2N3O/c1-2-9(8-17)6-14-18-13(19-20-14)5-10-3-11(15)7-12(16)4-10/h3-4,7,9H,2,5-6,8,17H2,1H3. The molecule has 108 valence electrons. The highest BCUT2D eigenvalue weighted by Crippen LogP contribution is 2.13. The number of nitrogens with zero attached hydrogens (tertiary/aromatic N) is 2. The molecule has 2 aromatic rings. The van der Waals surface area contributed by atoms with Gasteiger partial charge in [0, 0.05) is 18.9 Å². The summed E-state index contributed by atoms with van der Waals surface area (Å²) in [5, 5.41) is 3.82. The number of aromatic nitrogens is 2. The molecule has 2 rings (SSSR count). The van der Waals surface area contributed by atoms with Gasteiger partial charge in [-0.1, -0.05) is 18.5 Å². The predicted octanol–water partition coefficient (Wildman–Crippen LogP) is 2.47. The minimum Gasteiger partial charge on any atom is -0.339 e. The van der Waals surface area contributed by atoms with Crippen molar-refractivity contribution in [3.05, 3.63) is 47.1 Å². The van der Waals surface area contributed by atoms with E-state index in [0.717, 1.165) is 12.5 Å². The second kappa shape index (κ2) is 6.56. The van der Waals surface area contributed by atoms with Crippen LogP contribution in [0.1, 0.15) is 30.6 Å². The van der Waals surface area contributed by atoms with Crippen molar-refractivity contribution < 1.29 is 13.3 Å². The third-order valence-corrected chi connectivity index (χ3v) is 3.17. The van der Waals surface area contributed by atoms with Gasteiger partial charge in [-0.25, -0.2) is 8.78 Å². The van der Waals surface area contributed by atoms with Crippen molar-refractivity contribution >= 4 is 0 Å². The highest BCUT2D eigenvalue weighted by Gasteiger charge is 2.13. The maximum atomic E-state index is 13.1. The van der Waals surface area contributed by atoms with Gasteiger partial charge in [0.25, 0.3) is 0 Å². The van der Waals surface area contributed by atoms with E-state index in [2.05, 4.69) is 10.1 Å². The average molecular weight is 281 g/mol. The first-order chi connectivity index (χ1) is 9.60. The topological polar surface area (TPSA) is 64.9 Å². The first-order valence-electron chi connectivity index (χ1n) is 6.57. The molecule has 4 nitrogen and oxygen atoms in total. The fourth-order valence-corrected chi connectivity index (χ4v) is 1.98. The van der Waals surface area contributed by atoms with E-state index in [-0.39, 0.29) is 6.42 Å². The highest BCUT2D eigenvalue weighted by atomic mass is 19.1. The van der Waals surface area contributed by atoms with Crippen LogP contribution in [0.5, 0.6) is 0 Å². The Balaban J connectivity index is 2.05. The van der Waals surface area contributed by atoms with E-state index in [9.17, 15) is 8.78 Å². The molecule has 1 heterocycles. The van der Waals surface area contributed by atoms with Crippen LogP contribution in [-0.4, -0.2) is 16.7 Å². The molecule has 0 radical (unpaired) electrons. The van der Waals surface area contributed by atoms with Crippen LogP contribution >= 0.6 is 0 Å². The molecule has 6 heteroatoms. The van der Waals surface area contributed by atoms with Gasteiger partial charge in [-0.15, -0.1) is 0 Å². The molecular formula is C14H17F2N3O. The number of halogens is 2. The van der Waals surface area contributed by atoms with Crippen LogP contribution in [0.4, 0.5) is 8.78 Å². The molecule has 20 heavy (non-hydrogen) atoms. The van der Waals surface area contributed by atoms with E-state index in [0.29, 0.717) is 36.2 Å². The zero-order valence-corrected chi connectivity index (χ0v) is 11.3. The van der Waals surface area contributed by atoms with E-state index in [1.165, 1.54) is 12.1 Å². The minimum absolute atomic E-state index is 0.234. The largest absolute Gasteiger partial charge is 0.339 e. The van der Waals surface area contributed by atoms with Gasteiger partial charge in [0.2, 0.25) is 5.89 Å². The average Bonchev–Trinajstić information content (AvgIpc) is 2.82. The molecule has 0 saturated carbocycles. The zero-order chi connectivity index (χ0) is 14.5. The van der Waals surface area contributed by atoms with Crippen LogP contribution in [0, 0.1) is 17.6 Å². The lowest BCUT2D eigenvalue weighted by Gasteiger charge is -2.07. The van der Waals surface area contributed by atoms with Gasteiger partial charge >= 0.3 is 0 Å². The van der Waals surface area contributed by atoms with E-state index >= 15 is 0 Å². The molecule has 1 atom stereocenters. The molecular weight excluding hydrogens is 264 g/mol. The van der Waals surface area contributed by atoms with E-state index in [1.807, 2.05) is 6.92 Å². The Morgan fingerprint density at radius 3 is 2.55 bits per heavy atom. The Kier molecular flexibility index (Phi) is 4.79. The fraction of sp³-hybridized carbons (Fsp3) is 0.429. The van der Waals surface area contributed by atoms with E-state index in [4.69, 9.17) is 10.3 Å². The Labute approximate surface area is 116 Å². The Hall–Kier alpha value is -1.82. The number of hydrogen-bond donors (Lipinski definition) is 1. The molecule has 2 N–H and O–H groups in total. The molecule has 0 saturated heterocycles. The number of benzene rings is 1. The number of nitrogens with two attached hydrogens (primary N) is 1. The summed E-state index contributed by atoms with van der Waals surface area (Å²) in [5.41, 5.74) is 6.09. The molecule has 0 bridgehead atoms. The van der Waals surface area contributed by atoms with Gasteiger partial charge in [0.05, 0.1) is 0 Å². The molecule has 0 amide bonds. The van der Waals surface area contributed by atoms with Crippen LogP contribution < -0.4 is 5.73 Å². The maximum Gasteiger partial charge on any atom is 0.226 e. The summed E-state index contributed by atoms with van der Waals surface area (Å²) in [6.45, 7) is 2.60. The molecule has 0 aliphatic heterocycles. The van der Waals surface area contributed by atoms with Crippen molar-refractivity contribution in [3.63, 3.8) is 0 Å². The van der Waals surface area contributed by atoms with Crippen LogP contribution in [-0.2, 0) is 12.8 Å². The van der Waals surface area contributed by atoms with Gasteiger partial charge in [-0.3, -0.25) is 0 Å². The molecule has 1 aromatic carbocycles. The molecule has 0 fully saturated rings. The first kappa shape index (κ1) is 14.6. The van der Waals surface area contributed by atoms with E-state index in [1.54, 1.807) is 0 Å². The summed E-state index contributed by atoms with van der Waals surface area (Å²) >= 11 is 0. The third kappa shape index (κ3) is 3.84. The fourth-order valence-electron chi connectivity index (χ4n) is 1.98. The van der Waals surface area contributed by atoms with Crippen LogP contribution in [0.2, 0.25) is 0 Å². The van der Waals surface area contributed by atoms with Gasteiger partial charge in [-0.2, -0.15) is 4.98 Å². The number of rotatable bonds is 6. The summed E-state index contributed by atoms with van der Waals surface area (Å²) in [7, 11) is 0. The minimum atomic E-state index is -0.613. The lowest BCUT2D eigenvalue weighted by atomic mass is 10.0. The second-order valence-electron chi connectivity index (χ2n) is 4.77. The van der Waals surface area contributed by atoms with Gasteiger partial charge < -0.3 is 10.3 Å². The summed E-state index contributed by atoms with van der Waals surface area (Å²) in [6, 6.07) is 3.35. The summed E-state index contributed by atoms with van der Waals surface area (Å²) in [6.07, 6.45) is 1.79. The van der Waals surface area contributed by atoms with Crippen molar-refractivity contribution in [1.82, 2.24) is 10.1 Å². The Bertz CT molecular complexity index is 547. The monoisotopic (exact) mass is 281 g/mol. The quantitative estimate of drug-likeness (QED) is 0.883. The van der Waals surface area contributed by atoms with Crippen molar-refractivity contribution in [3.8, 4) is 0 Å². The lowest BCUT2D eigenvalue weighted by molar-refractivity contribution is 0.347. The second-order valence-corrected chi connectivity index (χ2v) is 4.77. The van der Waals surface area contributed by atoms with Gasteiger partial charge in [-0.05, 0) is 30.2 Å². The highest BCUT2D eigenvalue weighted by molar-refractivity contribution is 5.21. The molecule has 0 aliphatic carbocycles. The molecule has 1 aromatic heterocycles. The molecule has 1 unspecified atom stereocenters. The van der Waals surface area contributed by atoms with Crippen molar-refractivity contribution in [1.29, 1.82) is 0 Å². The maximum absolute atomic E-state index is 13.1. The van der Waals surface area contributed by atoms with Crippen molar-refractivity contribution in [2.24, 2.45) is 11.7 Å². The number of hydrogen-bond acceptors (Lipinski definition) is 4. The molecule has 0 aliphatic rings. The van der Waals surface area contributed by atoms with Crippen molar-refractivity contribution in [2.75, 3.05) is 6.54 Å². The summed E-state index contributed by atoms with van der Waals surface area (Å²) in [5.74, 6) is -0.00300. The first-order valence-corrected chi connectivity index (χ1v) is 6.57. The van der Waals surface area contributed by atoms with Crippen LogP contribution in [0.3, 0.4) is 0 Å². The SMILES string of the molecule is CCC(CN)Cc1nc(Cc2cc(F)cc(F)c2)no1. The lowest BCUT2D eigenvalue weighted by Crippen LogP contribution is -2.16. The predicted molar refractivity (Wildman–Crippen MR) is 70.0 cm³/mol. The van der Waals surface area contributed by atoms with Crippen molar-refractivity contribution in [2.45, 2.75) is 26.2 Å². The Morgan fingerprint density at radius 2 is 1.95 bits per heavy atom. The molecule has 0 spiro atoms. The van der Waals surface area contributed by atoms with Gasteiger partial charge in [0.15, 0.2) is 5.82 Å². The van der Waals surface area contributed by atoms with Gasteiger partial charge in [0.1, 0.15) is 11.6 Å². The zero-order valence-electron chi connectivity index (χ0n) is 11.3. The van der Waals surface area contributed by atoms with Crippen LogP contribution in [0.15, 0.2) is 22.7 Å². The van der Waals surface area contributed by atoms with E-state index < -0.39 is 11.6 Å². The smallest absolute Gasteiger partial charge is 0.226 e.